The summed E-state index contributed by atoms with van der Waals surface area (Å²) in [6.45, 7) is 4.08. The van der Waals surface area contributed by atoms with E-state index in [0.29, 0.717) is 6.04 Å². The Balaban J connectivity index is 1.27. The van der Waals surface area contributed by atoms with Gasteiger partial charge in [0.05, 0.1) is 5.56 Å². The molecule has 0 saturated carbocycles. The summed E-state index contributed by atoms with van der Waals surface area (Å²) >= 11 is 6.00. The van der Waals surface area contributed by atoms with Crippen LogP contribution in [0.2, 0.25) is 5.02 Å². The molecular weight excluding hydrogens is 392 g/mol. The first-order valence-corrected chi connectivity index (χ1v) is 10.7. The Bertz CT molecular complexity index is 991. The fraction of sp³-hybridized carbons (Fsp3) is 0.280. The van der Waals surface area contributed by atoms with Gasteiger partial charge in [-0.05, 0) is 54.8 Å². The molecule has 152 valence electrons. The molecule has 1 atom stereocenters. The van der Waals surface area contributed by atoms with Crippen LogP contribution in [0.4, 0.5) is 0 Å². The standard InChI is InChI=1S/C25H25ClN4/c26-24-11-9-22(10-12-24)17-30-13-1-2-25(18-30)29-16-21-6-3-20(4-7-21)5-8-23-14-27-19-28-15-23/h3-4,6-7,9-12,14-15,19,25,29H,1-2,13,16-18H2. The lowest BCUT2D eigenvalue weighted by atomic mass is 10.0. The summed E-state index contributed by atoms with van der Waals surface area (Å²) in [6.07, 6.45) is 7.40. The molecule has 1 unspecified atom stereocenters. The van der Waals surface area contributed by atoms with Crippen molar-refractivity contribution in [3.63, 3.8) is 0 Å². The van der Waals surface area contributed by atoms with E-state index in [-0.39, 0.29) is 0 Å². The molecule has 4 nitrogen and oxygen atoms in total. The molecule has 2 heterocycles. The highest BCUT2D eigenvalue weighted by Crippen LogP contribution is 2.16. The van der Waals surface area contributed by atoms with Gasteiger partial charge in [-0.15, -0.1) is 0 Å². The summed E-state index contributed by atoms with van der Waals surface area (Å²) in [6, 6.07) is 17.1. The first-order chi connectivity index (χ1) is 14.7. The van der Waals surface area contributed by atoms with Gasteiger partial charge in [-0.3, -0.25) is 4.90 Å². The highest BCUT2D eigenvalue weighted by molar-refractivity contribution is 6.30. The average Bonchev–Trinajstić information content (AvgIpc) is 2.79. The Morgan fingerprint density at radius 2 is 1.63 bits per heavy atom. The molecule has 0 amide bonds. The molecule has 1 aliphatic heterocycles. The van der Waals surface area contributed by atoms with Gasteiger partial charge >= 0.3 is 0 Å². The van der Waals surface area contributed by atoms with E-state index in [0.717, 1.165) is 42.3 Å². The SMILES string of the molecule is Clc1ccc(CN2CCCC(NCc3ccc(C#Cc4cncnc4)cc3)C2)cc1. The number of rotatable bonds is 5. The number of halogens is 1. The molecule has 2 aromatic carbocycles. The lowest BCUT2D eigenvalue weighted by molar-refractivity contribution is 0.182. The predicted molar refractivity (Wildman–Crippen MR) is 121 cm³/mol. The molecule has 0 aliphatic carbocycles. The summed E-state index contributed by atoms with van der Waals surface area (Å²) in [4.78, 5) is 10.5. The molecule has 1 fully saturated rings. The molecule has 1 aromatic heterocycles. The minimum atomic E-state index is 0.517. The molecule has 5 heteroatoms. The van der Waals surface area contributed by atoms with E-state index in [1.807, 2.05) is 12.1 Å². The largest absolute Gasteiger partial charge is 0.309 e. The van der Waals surface area contributed by atoms with Crippen LogP contribution in [-0.4, -0.2) is 34.0 Å². The molecule has 0 spiro atoms. The molecule has 1 aliphatic rings. The maximum atomic E-state index is 6.00. The van der Waals surface area contributed by atoms with Gasteiger partial charge in [-0.25, -0.2) is 9.97 Å². The number of benzene rings is 2. The predicted octanol–water partition coefficient (Wildman–Crippen LogP) is 4.28. The Morgan fingerprint density at radius 1 is 0.933 bits per heavy atom. The summed E-state index contributed by atoms with van der Waals surface area (Å²) in [5.74, 6) is 6.25. The first-order valence-electron chi connectivity index (χ1n) is 10.3. The minimum absolute atomic E-state index is 0.517. The molecule has 4 rings (SSSR count). The van der Waals surface area contributed by atoms with Crippen LogP contribution in [-0.2, 0) is 13.1 Å². The van der Waals surface area contributed by atoms with Crippen LogP contribution in [0.5, 0.6) is 0 Å². The smallest absolute Gasteiger partial charge is 0.115 e. The summed E-state index contributed by atoms with van der Waals surface area (Å²) in [7, 11) is 0. The van der Waals surface area contributed by atoms with Crippen LogP contribution in [0, 0.1) is 11.8 Å². The quantitative estimate of drug-likeness (QED) is 0.630. The number of aromatic nitrogens is 2. The Hall–Kier alpha value is -2.71. The van der Waals surface area contributed by atoms with E-state index in [9.17, 15) is 0 Å². The number of piperidine rings is 1. The zero-order valence-electron chi connectivity index (χ0n) is 16.9. The van der Waals surface area contributed by atoms with Crippen molar-refractivity contribution in [2.75, 3.05) is 13.1 Å². The van der Waals surface area contributed by atoms with Gasteiger partial charge in [0.1, 0.15) is 6.33 Å². The van der Waals surface area contributed by atoms with Crippen molar-refractivity contribution >= 4 is 11.6 Å². The first kappa shape index (κ1) is 20.6. The summed E-state index contributed by atoms with van der Waals surface area (Å²) < 4.78 is 0. The zero-order chi connectivity index (χ0) is 20.6. The normalized spacial score (nSPS) is 16.6. The lowest BCUT2D eigenvalue weighted by Crippen LogP contribution is -2.45. The second-order valence-electron chi connectivity index (χ2n) is 7.66. The van der Waals surface area contributed by atoms with Crippen LogP contribution >= 0.6 is 11.6 Å². The second-order valence-corrected chi connectivity index (χ2v) is 8.09. The van der Waals surface area contributed by atoms with E-state index in [4.69, 9.17) is 11.6 Å². The average molecular weight is 417 g/mol. The number of hydrogen-bond donors (Lipinski definition) is 1. The highest BCUT2D eigenvalue weighted by Gasteiger charge is 2.19. The summed E-state index contributed by atoms with van der Waals surface area (Å²) in [5, 5.41) is 4.52. The maximum Gasteiger partial charge on any atom is 0.115 e. The van der Waals surface area contributed by atoms with Crippen molar-refractivity contribution in [1.82, 2.24) is 20.2 Å². The fourth-order valence-electron chi connectivity index (χ4n) is 3.69. The van der Waals surface area contributed by atoms with Gasteiger partial charge in [0.15, 0.2) is 0 Å². The third-order valence-electron chi connectivity index (χ3n) is 5.29. The van der Waals surface area contributed by atoms with Crippen molar-refractivity contribution in [2.24, 2.45) is 0 Å². The molecule has 1 saturated heterocycles. The second kappa shape index (κ2) is 10.4. The fourth-order valence-corrected chi connectivity index (χ4v) is 3.82. The van der Waals surface area contributed by atoms with Gasteiger partial charge in [0.25, 0.3) is 0 Å². The monoisotopic (exact) mass is 416 g/mol. The van der Waals surface area contributed by atoms with Crippen LogP contribution in [0.1, 0.15) is 35.1 Å². The van der Waals surface area contributed by atoms with Crippen molar-refractivity contribution in [3.05, 3.63) is 94.5 Å². The van der Waals surface area contributed by atoms with E-state index in [1.165, 1.54) is 30.3 Å². The third kappa shape index (κ3) is 6.14. The van der Waals surface area contributed by atoms with Crippen molar-refractivity contribution in [3.8, 4) is 11.8 Å². The lowest BCUT2D eigenvalue weighted by Gasteiger charge is -2.33. The third-order valence-corrected chi connectivity index (χ3v) is 5.54. The van der Waals surface area contributed by atoms with Gasteiger partial charge in [0.2, 0.25) is 0 Å². The maximum absolute atomic E-state index is 6.00. The van der Waals surface area contributed by atoms with Crippen molar-refractivity contribution < 1.29 is 0 Å². The number of nitrogens with zero attached hydrogens (tertiary/aromatic N) is 3. The topological polar surface area (TPSA) is 41.0 Å². The number of nitrogens with one attached hydrogen (secondary N) is 1. The zero-order valence-corrected chi connectivity index (χ0v) is 17.6. The Kier molecular flexibility index (Phi) is 7.10. The summed E-state index contributed by atoms with van der Waals surface area (Å²) in [5.41, 5.74) is 4.41. The Labute approximate surface area is 183 Å². The van der Waals surface area contributed by atoms with Gasteiger partial charge in [-0.1, -0.05) is 47.7 Å². The van der Waals surface area contributed by atoms with Gasteiger partial charge in [-0.2, -0.15) is 0 Å². The van der Waals surface area contributed by atoms with E-state index in [2.05, 4.69) is 68.4 Å². The molecule has 0 radical (unpaired) electrons. The molecule has 3 aromatic rings. The van der Waals surface area contributed by atoms with E-state index in [1.54, 1.807) is 12.4 Å². The molecule has 30 heavy (non-hydrogen) atoms. The van der Waals surface area contributed by atoms with Crippen molar-refractivity contribution in [2.45, 2.75) is 32.0 Å². The highest BCUT2D eigenvalue weighted by atomic mass is 35.5. The number of likely N-dealkylation sites (tertiary alicyclic amines) is 1. The molecular formula is C25H25ClN4. The van der Waals surface area contributed by atoms with Crippen LogP contribution < -0.4 is 5.32 Å². The van der Waals surface area contributed by atoms with E-state index < -0.39 is 0 Å². The van der Waals surface area contributed by atoms with Gasteiger partial charge in [0, 0.05) is 48.7 Å². The Morgan fingerprint density at radius 3 is 2.40 bits per heavy atom. The minimum Gasteiger partial charge on any atom is -0.309 e. The van der Waals surface area contributed by atoms with Crippen molar-refractivity contribution in [1.29, 1.82) is 0 Å². The van der Waals surface area contributed by atoms with Gasteiger partial charge < -0.3 is 5.32 Å². The number of hydrogen-bond acceptors (Lipinski definition) is 4. The molecule has 1 N–H and O–H groups in total. The van der Waals surface area contributed by atoms with Crippen LogP contribution in [0.15, 0.2) is 67.3 Å². The molecule has 0 bridgehead atoms. The van der Waals surface area contributed by atoms with E-state index >= 15 is 0 Å². The van der Waals surface area contributed by atoms with Crippen LogP contribution in [0.25, 0.3) is 0 Å². The van der Waals surface area contributed by atoms with Crippen LogP contribution in [0.3, 0.4) is 0 Å².